The first-order valence-corrected chi connectivity index (χ1v) is 6.80. The molecule has 94 valence electrons. The van der Waals surface area contributed by atoms with Crippen molar-refractivity contribution < 1.29 is 9.53 Å². The van der Waals surface area contributed by atoms with Gasteiger partial charge in [0.25, 0.3) is 0 Å². The monoisotopic (exact) mass is 254 g/mol. The van der Waals surface area contributed by atoms with Crippen molar-refractivity contribution in [2.75, 3.05) is 7.11 Å². The van der Waals surface area contributed by atoms with Crippen LogP contribution in [0.1, 0.15) is 29.7 Å². The number of hydrogen-bond donors (Lipinski definition) is 1. The second-order valence-corrected chi connectivity index (χ2v) is 5.49. The van der Waals surface area contributed by atoms with Gasteiger partial charge in [0.1, 0.15) is 11.1 Å². The number of ether oxygens (including phenoxy) is 1. The first-order valence-electron chi connectivity index (χ1n) is 5.98. The Morgan fingerprint density at radius 2 is 2.47 bits per heavy atom. The van der Waals surface area contributed by atoms with Gasteiger partial charge in [-0.2, -0.15) is 0 Å². The second-order valence-electron chi connectivity index (χ2n) is 4.29. The molecule has 1 aromatic rings. The Kier molecular flexibility index (Phi) is 4.12. The lowest BCUT2D eigenvalue weighted by atomic mass is 10.2. The van der Waals surface area contributed by atoms with Crippen molar-refractivity contribution in [2.24, 2.45) is 5.92 Å². The summed E-state index contributed by atoms with van der Waals surface area (Å²) in [6.07, 6.45) is 4.79. The highest BCUT2D eigenvalue weighted by atomic mass is 32.1. The minimum atomic E-state index is -0.277. The Balaban J connectivity index is 1.82. The Labute approximate surface area is 105 Å². The summed E-state index contributed by atoms with van der Waals surface area (Å²) in [6, 6.07) is 0. The zero-order valence-electron chi connectivity index (χ0n) is 10.2. The number of rotatable bonds is 6. The fraction of sp³-hybridized carbons (Fsp3) is 0.667. The highest BCUT2D eigenvalue weighted by molar-refractivity contribution is 7.11. The molecular weight excluding hydrogens is 236 g/mol. The largest absolute Gasteiger partial charge is 0.371 e. The second kappa shape index (κ2) is 5.60. The number of methoxy groups -OCH3 is 1. The molecule has 0 aliphatic heterocycles. The summed E-state index contributed by atoms with van der Waals surface area (Å²) >= 11 is 1.65. The van der Waals surface area contributed by atoms with Crippen molar-refractivity contribution in [2.45, 2.75) is 38.8 Å². The van der Waals surface area contributed by atoms with E-state index in [1.807, 2.05) is 6.20 Å². The van der Waals surface area contributed by atoms with Gasteiger partial charge in [-0.3, -0.25) is 4.79 Å². The molecular formula is C12H18N2O2S. The van der Waals surface area contributed by atoms with Crippen molar-refractivity contribution in [1.29, 1.82) is 0 Å². The third-order valence-electron chi connectivity index (χ3n) is 2.93. The number of nitrogens with zero attached hydrogens (tertiary/aromatic N) is 1. The first-order chi connectivity index (χ1) is 8.24. The lowest BCUT2D eigenvalue weighted by Gasteiger charge is -2.13. The number of carbonyl (C=O) groups is 1. The standard InChI is InChI=1S/C12H18N2O2S/c1-3-9-6-13-10(17-9)7-14-12(15)11(16-2)8-4-5-8/h6,8,11H,3-5,7H2,1-2H3,(H,14,15). The summed E-state index contributed by atoms with van der Waals surface area (Å²) in [5.41, 5.74) is 0. The maximum atomic E-state index is 11.8. The summed E-state index contributed by atoms with van der Waals surface area (Å²) < 4.78 is 5.22. The minimum Gasteiger partial charge on any atom is -0.371 e. The van der Waals surface area contributed by atoms with E-state index in [9.17, 15) is 4.79 Å². The zero-order chi connectivity index (χ0) is 12.3. The summed E-state index contributed by atoms with van der Waals surface area (Å²) in [6.45, 7) is 2.61. The van der Waals surface area contributed by atoms with Crippen LogP contribution in [0.4, 0.5) is 0 Å². The predicted molar refractivity (Wildman–Crippen MR) is 66.9 cm³/mol. The van der Waals surface area contributed by atoms with Gasteiger partial charge in [-0.25, -0.2) is 4.98 Å². The molecule has 0 bridgehead atoms. The van der Waals surface area contributed by atoms with E-state index in [1.165, 1.54) is 4.88 Å². The molecule has 5 heteroatoms. The molecule has 1 unspecified atom stereocenters. The molecule has 17 heavy (non-hydrogen) atoms. The van der Waals surface area contributed by atoms with E-state index < -0.39 is 0 Å². The quantitative estimate of drug-likeness (QED) is 0.841. The highest BCUT2D eigenvalue weighted by Gasteiger charge is 2.36. The molecule has 1 amide bonds. The van der Waals surface area contributed by atoms with Gasteiger partial charge in [0.15, 0.2) is 0 Å². The summed E-state index contributed by atoms with van der Waals surface area (Å²) in [4.78, 5) is 17.4. The molecule has 1 aliphatic carbocycles. The number of nitrogens with one attached hydrogen (secondary N) is 1. The normalized spacial score (nSPS) is 16.8. The van der Waals surface area contributed by atoms with Gasteiger partial charge >= 0.3 is 0 Å². The van der Waals surface area contributed by atoms with Crippen LogP contribution < -0.4 is 5.32 Å². The van der Waals surface area contributed by atoms with Gasteiger partial charge in [0.05, 0.1) is 6.54 Å². The number of thiazole rings is 1. The molecule has 1 fully saturated rings. The van der Waals surface area contributed by atoms with Crippen LogP contribution in [0.2, 0.25) is 0 Å². The van der Waals surface area contributed by atoms with Crippen molar-refractivity contribution in [3.8, 4) is 0 Å². The van der Waals surface area contributed by atoms with Crippen LogP contribution >= 0.6 is 11.3 Å². The zero-order valence-corrected chi connectivity index (χ0v) is 11.0. The first kappa shape index (κ1) is 12.5. The third-order valence-corrected chi connectivity index (χ3v) is 4.07. The molecule has 0 aromatic carbocycles. The predicted octanol–water partition coefficient (Wildman–Crippen LogP) is 1.75. The number of aryl methyl sites for hydroxylation is 1. The number of aromatic nitrogens is 1. The van der Waals surface area contributed by atoms with Crippen molar-refractivity contribution in [1.82, 2.24) is 10.3 Å². The molecule has 1 saturated carbocycles. The van der Waals surface area contributed by atoms with E-state index >= 15 is 0 Å². The van der Waals surface area contributed by atoms with E-state index in [0.29, 0.717) is 12.5 Å². The topological polar surface area (TPSA) is 51.2 Å². The van der Waals surface area contributed by atoms with Crippen LogP contribution in [0.25, 0.3) is 0 Å². The molecule has 1 aromatic heterocycles. The van der Waals surface area contributed by atoms with Gasteiger partial charge in [0, 0.05) is 18.2 Å². The number of hydrogen-bond acceptors (Lipinski definition) is 4. The Hall–Kier alpha value is -0.940. The Morgan fingerprint density at radius 3 is 3.00 bits per heavy atom. The van der Waals surface area contributed by atoms with Crippen molar-refractivity contribution in [3.63, 3.8) is 0 Å². The van der Waals surface area contributed by atoms with Crippen LogP contribution in [-0.4, -0.2) is 24.1 Å². The van der Waals surface area contributed by atoms with Crippen LogP contribution in [0.5, 0.6) is 0 Å². The van der Waals surface area contributed by atoms with Crippen molar-refractivity contribution >= 4 is 17.2 Å². The van der Waals surface area contributed by atoms with Gasteiger partial charge in [-0.15, -0.1) is 11.3 Å². The van der Waals surface area contributed by atoms with Crippen LogP contribution in [-0.2, 0) is 22.5 Å². The molecule has 2 rings (SSSR count). The van der Waals surface area contributed by atoms with E-state index in [-0.39, 0.29) is 12.0 Å². The Bertz CT molecular complexity index is 388. The molecule has 1 heterocycles. The number of carbonyl (C=O) groups excluding carboxylic acids is 1. The van der Waals surface area contributed by atoms with E-state index in [0.717, 1.165) is 24.3 Å². The maximum Gasteiger partial charge on any atom is 0.249 e. The molecule has 4 nitrogen and oxygen atoms in total. The Morgan fingerprint density at radius 1 is 1.71 bits per heavy atom. The summed E-state index contributed by atoms with van der Waals surface area (Å²) in [5, 5.41) is 3.85. The fourth-order valence-electron chi connectivity index (χ4n) is 1.77. The summed E-state index contributed by atoms with van der Waals surface area (Å²) in [7, 11) is 1.60. The number of amides is 1. The van der Waals surface area contributed by atoms with Crippen LogP contribution in [0.15, 0.2) is 6.20 Å². The van der Waals surface area contributed by atoms with Crippen LogP contribution in [0, 0.1) is 5.92 Å². The molecule has 0 spiro atoms. The molecule has 1 atom stereocenters. The fourth-order valence-corrected chi connectivity index (χ4v) is 2.57. The average molecular weight is 254 g/mol. The average Bonchev–Trinajstić information content (AvgIpc) is 3.06. The van der Waals surface area contributed by atoms with Crippen molar-refractivity contribution in [3.05, 3.63) is 16.1 Å². The SMILES string of the molecule is CCc1cnc(CNC(=O)C(OC)C2CC2)s1. The van der Waals surface area contributed by atoms with Gasteiger partial charge in [-0.05, 0) is 25.2 Å². The van der Waals surface area contributed by atoms with Gasteiger partial charge < -0.3 is 10.1 Å². The third kappa shape index (κ3) is 3.26. The van der Waals surface area contributed by atoms with Gasteiger partial charge in [0.2, 0.25) is 5.91 Å². The van der Waals surface area contributed by atoms with E-state index in [2.05, 4.69) is 17.2 Å². The van der Waals surface area contributed by atoms with Gasteiger partial charge in [-0.1, -0.05) is 6.92 Å². The van der Waals surface area contributed by atoms with Crippen LogP contribution in [0.3, 0.4) is 0 Å². The van der Waals surface area contributed by atoms with E-state index in [4.69, 9.17) is 4.74 Å². The lowest BCUT2D eigenvalue weighted by molar-refractivity contribution is -0.132. The lowest BCUT2D eigenvalue weighted by Crippen LogP contribution is -2.36. The maximum absolute atomic E-state index is 11.8. The molecule has 1 N–H and O–H groups in total. The highest BCUT2D eigenvalue weighted by Crippen LogP contribution is 2.34. The summed E-state index contributed by atoms with van der Waals surface area (Å²) in [5.74, 6) is 0.408. The molecule has 0 saturated heterocycles. The molecule has 1 aliphatic rings. The minimum absolute atomic E-state index is 0.0109. The molecule has 0 radical (unpaired) electrons. The smallest absolute Gasteiger partial charge is 0.249 e. The van der Waals surface area contributed by atoms with E-state index in [1.54, 1.807) is 18.4 Å².